The summed E-state index contributed by atoms with van der Waals surface area (Å²) < 4.78 is 11.0. The molecule has 202 valence electrons. The second-order valence-electron chi connectivity index (χ2n) is 10.7. The number of likely N-dealkylation sites (tertiary alicyclic amines) is 1. The smallest absolute Gasteiger partial charge is 0.220 e. The van der Waals surface area contributed by atoms with Crippen molar-refractivity contribution < 1.29 is 14.3 Å². The molecule has 0 bridgehead atoms. The number of carbonyl (C=O) groups is 1. The van der Waals surface area contributed by atoms with Crippen molar-refractivity contribution in [3.63, 3.8) is 0 Å². The lowest BCUT2D eigenvalue weighted by Crippen LogP contribution is -2.56. The van der Waals surface area contributed by atoms with Gasteiger partial charge in [-0.2, -0.15) is 0 Å². The molecule has 0 aliphatic carbocycles. The molecule has 2 fully saturated rings. The number of nitrogens with zero attached hydrogens (tertiary/aromatic N) is 3. The van der Waals surface area contributed by atoms with Gasteiger partial charge < -0.3 is 20.1 Å². The molecule has 2 aromatic carbocycles. The minimum atomic E-state index is 0.0455. The highest BCUT2D eigenvalue weighted by Gasteiger charge is 2.47. The van der Waals surface area contributed by atoms with Gasteiger partial charge in [-0.1, -0.05) is 24.3 Å². The average Bonchev–Trinajstić information content (AvgIpc) is 3.55. The van der Waals surface area contributed by atoms with Crippen molar-refractivity contribution in [3.05, 3.63) is 64.8 Å². The lowest BCUT2D eigenvalue weighted by molar-refractivity contribution is -0.120. The predicted molar refractivity (Wildman–Crippen MR) is 155 cm³/mol. The summed E-state index contributed by atoms with van der Waals surface area (Å²) in [5, 5.41) is 7.50. The maximum absolute atomic E-state index is 11.7. The van der Waals surface area contributed by atoms with Crippen molar-refractivity contribution in [2.24, 2.45) is 5.41 Å². The lowest BCUT2D eigenvalue weighted by atomic mass is 9.78. The van der Waals surface area contributed by atoms with Crippen LogP contribution in [0.1, 0.15) is 35.7 Å². The third-order valence-electron chi connectivity index (χ3n) is 7.71. The molecule has 2 aliphatic heterocycles. The van der Waals surface area contributed by atoms with Gasteiger partial charge in [0.1, 0.15) is 11.6 Å². The van der Waals surface area contributed by atoms with Gasteiger partial charge in [-0.15, -0.1) is 11.3 Å². The number of carbonyl (C=O) groups excluding carboxylic acids is 1. The zero-order valence-electron chi connectivity index (χ0n) is 22.7. The number of hydrogen-bond acceptors (Lipinski definition) is 8. The van der Waals surface area contributed by atoms with Crippen LogP contribution in [0.15, 0.2) is 48.5 Å². The highest BCUT2D eigenvalue weighted by Crippen LogP contribution is 2.40. The predicted octanol–water partition coefficient (Wildman–Crippen LogP) is 5.18. The first-order valence-corrected chi connectivity index (χ1v) is 14.0. The molecule has 0 radical (unpaired) electrons. The Balaban J connectivity index is 1.21. The van der Waals surface area contributed by atoms with Gasteiger partial charge in [0.05, 0.1) is 25.8 Å². The van der Waals surface area contributed by atoms with Gasteiger partial charge in [-0.25, -0.2) is 9.97 Å². The van der Waals surface area contributed by atoms with Crippen LogP contribution < -0.4 is 20.1 Å². The zero-order chi connectivity index (χ0) is 27.1. The maximum atomic E-state index is 11.7. The summed E-state index contributed by atoms with van der Waals surface area (Å²) in [6.45, 7) is 7.70. The summed E-state index contributed by atoms with van der Waals surface area (Å²) in [4.78, 5) is 26.0. The van der Waals surface area contributed by atoms with E-state index in [0.717, 1.165) is 42.9 Å². The van der Waals surface area contributed by atoms with Gasteiger partial charge in [-0.05, 0) is 43.2 Å². The van der Waals surface area contributed by atoms with E-state index in [9.17, 15) is 4.79 Å². The Labute approximate surface area is 232 Å². The number of aryl methyl sites for hydroxylation is 1. The topological polar surface area (TPSA) is 88.6 Å². The minimum absolute atomic E-state index is 0.0455. The van der Waals surface area contributed by atoms with E-state index in [0.29, 0.717) is 23.7 Å². The van der Waals surface area contributed by atoms with Crippen LogP contribution >= 0.6 is 11.3 Å². The number of anilines is 1. The Morgan fingerprint density at radius 3 is 2.62 bits per heavy atom. The van der Waals surface area contributed by atoms with Crippen LogP contribution in [0.3, 0.4) is 0 Å². The van der Waals surface area contributed by atoms with Crippen molar-refractivity contribution in [1.82, 2.24) is 20.2 Å². The molecule has 2 aliphatic rings. The van der Waals surface area contributed by atoms with Gasteiger partial charge >= 0.3 is 0 Å². The van der Waals surface area contributed by atoms with Gasteiger partial charge in [0, 0.05) is 59.2 Å². The zero-order valence-corrected chi connectivity index (χ0v) is 23.5. The normalized spacial score (nSPS) is 17.2. The summed E-state index contributed by atoms with van der Waals surface area (Å²) >= 11 is 1.80. The molecule has 8 nitrogen and oxygen atoms in total. The highest BCUT2D eigenvalue weighted by molar-refractivity contribution is 7.15. The van der Waals surface area contributed by atoms with Gasteiger partial charge in [-0.3, -0.25) is 9.69 Å². The molecule has 4 heterocycles. The molecule has 4 aromatic rings. The van der Waals surface area contributed by atoms with Crippen LogP contribution in [0.2, 0.25) is 0 Å². The third kappa shape index (κ3) is 4.92. The van der Waals surface area contributed by atoms with Crippen LogP contribution in [0.5, 0.6) is 11.5 Å². The minimum Gasteiger partial charge on any atom is -0.493 e. The molecule has 1 unspecified atom stereocenters. The molecular formula is C30H33N5O3S. The number of benzene rings is 2. The Hall–Kier alpha value is -3.69. The van der Waals surface area contributed by atoms with Crippen molar-refractivity contribution in [2.45, 2.75) is 32.9 Å². The number of aromatic nitrogens is 2. The van der Waals surface area contributed by atoms with Crippen LogP contribution in [0.25, 0.3) is 21.3 Å². The number of rotatable bonds is 8. The summed E-state index contributed by atoms with van der Waals surface area (Å²) in [6, 6.07) is 16.9. The summed E-state index contributed by atoms with van der Waals surface area (Å²) in [5.74, 6) is 2.94. The van der Waals surface area contributed by atoms with E-state index >= 15 is 0 Å². The Kier molecular flexibility index (Phi) is 6.64. The van der Waals surface area contributed by atoms with E-state index in [2.05, 4.69) is 63.8 Å². The van der Waals surface area contributed by atoms with Crippen molar-refractivity contribution in [3.8, 4) is 21.9 Å². The van der Waals surface area contributed by atoms with E-state index in [1.54, 1.807) is 25.6 Å². The fourth-order valence-corrected chi connectivity index (χ4v) is 6.89. The van der Waals surface area contributed by atoms with E-state index in [-0.39, 0.29) is 17.4 Å². The van der Waals surface area contributed by atoms with Gasteiger partial charge in [0.15, 0.2) is 11.5 Å². The first-order chi connectivity index (χ1) is 18.9. The first-order valence-electron chi connectivity index (χ1n) is 13.2. The number of thiophene rings is 1. The third-order valence-corrected chi connectivity index (χ3v) is 9.01. The Bertz CT molecular complexity index is 1550. The molecular weight excluding hydrogens is 510 g/mol. The number of nitrogens with one attached hydrogen (secondary N) is 2. The van der Waals surface area contributed by atoms with E-state index in [4.69, 9.17) is 14.5 Å². The lowest BCUT2D eigenvalue weighted by Gasteiger charge is -2.47. The van der Waals surface area contributed by atoms with Crippen molar-refractivity contribution >= 4 is 34.0 Å². The fourth-order valence-electron chi connectivity index (χ4n) is 5.82. The number of ether oxygens (including phenoxy) is 2. The maximum Gasteiger partial charge on any atom is 0.220 e. The van der Waals surface area contributed by atoms with Crippen LogP contribution in [-0.4, -0.2) is 54.6 Å². The molecule has 1 amide bonds. The van der Waals surface area contributed by atoms with Crippen LogP contribution in [-0.2, 0) is 11.3 Å². The summed E-state index contributed by atoms with van der Waals surface area (Å²) in [7, 11) is 3.26. The molecule has 39 heavy (non-hydrogen) atoms. The second kappa shape index (κ2) is 10.1. The van der Waals surface area contributed by atoms with E-state index in [1.165, 1.54) is 20.9 Å². The number of fused-ring (bicyclic) bond motifs is 1. The Morgan fingerprint density at radius 2 is 1.87 bits per heavy atom. The standard InChI is InChI=1S/C30H33N5O3S/c1-18(32-29-22-11-24(37-3)25(38-4)12-23(22)33-19(2)34-29)26-9-10-27(39-26)21-8-6-5-7-20(21)14-35-16-30(17-35)13-28(36)31-15-30/h5-12,18H,13-17H2,1-4H3,(H,31,36)(H,32,33,34). The van der Waals surface area contributed by atoms with Gasteiger partial charge in [0.2, 0.25) is 5.91 Å². The Morgan fingerprint density at radius 1 is 1.10 bits per heavy atom. The largest absolute Gasteiger partial charge is 0.493 e. The molecule has 1 spiro atoms. The second-order valence-corrected chi connectivity index (χ2v) is 11.8. The molecule has 2 N–H and O–H groups in total. The fraction of sp³-hybridized carbons (Fsp3) is 0.367. The summed E-state index contributed by atoms with van der Waals surface area (Å²) in [6.07, 6.45) is 0.659. The summed E-state index contributed by atoms with van der Waals surface area (Å²) in [5.41, 5.74) is 3.53. The first kappa shape index (κ1) is 25.6. The van der Waals surface area contributed by atoms with Crippen molar-refractivity contribution in [1.29, 1.82) is 0 Å². The average molecular weight is 544 g/mol. The number of amides is 1. The molecule has 2 aromatic heterocycles. The molecule has 0 saturated carbocycles. The van der Waals surface area contributed by atoms with Crippen LogP contribution in [0, 0.1) is 12.3 Å². The highest BCUT2D eigenvalue weighted by atomic mass is 32.1. The number of hydrogen-bond donors (Lipinski definition) is 2. The van der Waals surface area contributed by atoms with Crippen molar-refractivity contribution in [2.75, 3.05) is 39.2 Å². The molecule has 9 heteroatoms. The van der Waals surface area contributed by atoms with E-state index in [1.807, 2.05) is 19.1 Å². The molecule has 6 rings (SSSR count). The monoisotopic (exact) mass is 543 g/mol. The van der Waals surface area contributed by atoms with Gasteiger partial charge in [0.25, 0.3) is 0 Å². The molecule has 2 saturated heterocycles. The molecule has 1 atom stereocenters. The van der Waals surface area contributed by atoms with E-state index < -0.39 is 0 Å². The SMILES string of the molecule is COc1cc2nc(C)nc(NC(C)c3ccc(-c4ccccc4CN4CC5(CNC(=O)C5)C4)s3)c2cc1OC. The van der Waals surface area contributed by atoms with Crippen LogP contribution in [0.4, 0.5) is 5.82 Å². The quantitative estimate of drug-likeness (QED) is 0.317. The number of methoxy groups -OCH3 is 2.